The number of Topliss-reactive ketones (excluding diaryl/α,β-unsaturated/α-hetero) is 12. The molecule has 6 heterocycles. The molecule has 4 aliphatic heterocycles. The number of ketones is 12. The molecular weight excluding hydrogens is 1980 g/mol. The van der Waals surface area contributed by atoms with E-state index < -0.39 is 43.0 Å². The number of nitrogens with one attached hydrogen (secondary N) is 2. The number of hydrogen-bond donors (Lipinski definition) is 3. The van der Waals surface area contributed by atoms with E-state index in [2.05, 4.69) is 49.3 Å². The zero-order chi connectivity index (χ0) is 104. The number of sulfonamides is 1. The lowest BCUT2D eigenvalue weighted by atomic mass is 9.88. The van der Waals surface area contributed by atoms with Gasteiger partial charge in [-0.2, -0.15) is 0 Å². The quantitative estimate of drug-likeness (QED) is 0.0672. The van der Waals surface area contributed by atoms with Gasteiger partial charge >= 0.3 is 0 Å². The Balaban J connectivity index is 0.000000145. The molecule has 0 unspecified atom stereocenters. The maximum absolute atomic E-state index is 13.3. The van der Waals surface area contributed by atoms with Crippen molar-refractivity contribution in [3.63, 3.8) is 0 Å². The SMILES string of the molecule is C=CCNC1=C(N(C)C(C)=O)C(=O)c2ccccc2C1=O.CC(=O)N(C)C1=C(N2CCCCC2)C(=O)c2ccccc2C1=O.CC(=O)N(C)C1=C(N2CCCCC2)C(=O)c2ccccc2C1=O.CC(=O)N(C)C1=C(N2CCN(C)CC2)C(=O)c2ccccc2C1=O.CCN1CCN(C2=C(NS(=O)(=O)c3ccc(Br)s3)C(=O)c3ccccc3C2=O)CC1.Cc1ccc(S(=O)(=O)CC2=C(N)C(=O)c3ccccc3C2=O)s1. The monoisotopic (exact) mass is 2090 g/mol. The summed E-state index contributed by atoms with van der Waals surface area (Å²) in [7, 11) is 0.427. The number of aryl methyl sites for hydroxylation is 1. The van der Waals surface area contributed by atoms with Crippen molar-refractivity contribution in [2.45, 2.75) is 88.5 Å². The molecule has 8 aromatic rings. The third-order valence-electron chi connectivity index (χ3n) is 26.0. The summed E-state index contributed by atoms with van der Waals surface area (Å²) in [6, 6.07) is 46.1. The molecule has 4 N–H and O–H groups in total. The van der Waals surface area contributed by atoms with Gasteiger partial charge in [0.15, 0.2) is 15.6 Å². The normalized spacial score (nSPS) is 17.1. The number of likely N-dealkylation sites (tertiary alicyclic amines) is 2. The molecule has 10 aliphatic rings. The van der Waals surface area contributed by atoms with Crippen molar-refractivity contribution in [1.29, 1.82) is 0 Å². The average Bonchev–Trinajstić information content (AvgIpc) is 0.894. The van der Waals surface area contributed by atoms with Gasteiger partial charge in [0.25, 0.3) is 10.0 Å². The van der Waals surface area contributed by atoms with E-state index in [0.29, 0.717) is 104 Å². The summed E-state index contributed by atoms with van der Waals surface area (Å²) in [5.74, 6) is -5.41. The summed E-state index contributed by atoms with van der Waals surface area (Å²) in [5, 5.41) is 2.88. The lowest BCUT2D eigenvalue weighted by Gasteiger charge is -2.38. The number of hydrogen-bond acceptors (Lipinski definition) is 30. The van der Waals surface area contributed by atoms with Crippen molar-refractivity contribution in [1.82, 2.24) is 59.0 Å². The minimum atomic E-state index is -4.01. The standard InChI is InChI=1S/C20H20BrN3O4S2.C18H21N3O3.2C18H20N2O3.C16H16N2O3.C16H13NO4S2/c1-2-23-9-11-24(12-10-23)18-17(22-30(27,28)16-8-7-15(21)29-16)19(25)13-5-3-4-6-14(13)20(18)26;1-12(22)20(3)15-16(21-10-8-19(2)9-11-21)18(24)14-7-5-4-6-13(14)17(15)23;2*1-12(21)19(2)15-16(20-10-6-3-7-11-20)18(23)14-9-5-4-8-13(14)17(15)22;1-4-9-17-13-14(18(3)10(2)19)16(21)12-8-6-5-7-11(12)15(13)20;1-9-6-7-13(22-9)23(20,21)8-12-14(17)16(19)11-5-3-2-4-10(11)15(12)18/h3-8,22H,2,9-12H2,1H3;4-7H,8-11H2,1-3H3;2*4-5,8-9H,3,6-7,10-11H2,1-2H3;4-8,17H,1,9H2,2-3H3;2-7H,8,17H2,1H3. The molecule has 0 atom stereocenters. The third kappa shape index (κ3) is 22.5. The van der Waals surface area contributed by atoms with Crippen LogP contribution in [0.1, 0.15) is 202 Å². The van der Waals surface area contributed by atoms with Crippen LogP contribution in [0.15, 0.2) is 263 Å². The highest BCUT2D eigenvalue weighted by Gasteiger charge is 2.45. The number of allylic oxidation sites excluding steroid dienone is 11. The summed E-state index contributed by atoms with van der Waals surface area (Å²) in [6.07, 6.45) is 7.79. The number of carbonyl (C=O) groups is 16. The number of halogens is 1. The van der Waals surface area contributed by atoms with E-state index in [4.69, 9.17) is 5.73 Å². The van der Waals surface area contributed by atoms with Gasteiger partial charge in [-0.1, -0.05) is 159 Å². The molecule has 4 amide bonds. The number of fused-ring (bicyclic) bond motifs is 6. The van der Waals surface area contributed by atoms with Crippen LogP contribution in [0, 0.1) is 6.92 Å². The molecule has 0 saturated carbocycles. The van der Waals surface area contributed by atoms with Crippen molar-refractivity contribution in [3.05, 3.63) is 326 Å². The van der Waals surface area contributed by atoms with Gasteiger partial charge in [0.1, 0.15) is 65.4 Å². The van der Waals surface area contributed by atoms with Crippen molar-refractivity contribution in [3.8, 4) is 0 Å². The van der Waals surface area contributed by atoms with Crippen LogP contribution in [0.2, 0.25) is 0 Å². The maximum Gasteiger partial charge on any atom is 0.271 e. The molecule has 18 rings (SSSR count). The van der Waals surface area contributed by atoms with Crippen LogP contribution in [0.4, 0.5) is 0 Å². The summed E-state index contributed by atoms with van der Waals surface area (Å²) >= 11 is 5.42. The average molecular weight is 2090 g/mol. The number of sulfone groups is 1. The summed E-state index contributed by atoms with van der Waals surface area (Å²) in [6.45, 7) is 22.7. The minimum Gasteiger partial charge on any atom is -0.395 e. The summed E-state index contributed by atoms with van der Waals surface area (Å²) in [5.41, 5.74) is 11.2. The van der Waals surface area contributed by atoms with E-state index in [1.54, 1.807) is 180 Å². The second-order valence-corrected chi connectivity index (χ2v) is 43.1. The van der Waals surface area contributed by atoms with E-state index in [-0.39, 0.29) is 152 Å². The van der Waals surface area contributed by atoms with Crippen LogP contribution in [0.25, 0.3) is 0 Å². The molecule has 2 aromatic heterocycles. The van der Waals surface area contributed by atoms with Gasteiger partial charge < -0.3 is 60.0 Å². The van der Waals surface area contributed by atoms with E-state index in [1.807, 2.05) is 26.6 Å². The maximum atomic E-state index is 13.3. The Kier molecular flexibility index (Phi) is 34.2. The predicted octanol–water partition coefficient (Wildman–Crippen LogP) is 11.9. The first-order chi connectivity index (χ1) is 68.6. The Morgan fingerprint density at radius 3 is 1.03 bits per heavy atom. The lowest BCUT2D eigenvalue weighted by Crippen LogP contribution is -2.49. The second kappa shape index (κ2) is 46.0. The highest BCUT2D eigenvalue weighted by atomic mass is 79.9. The first-order valence-electron chi connectivity index (χ1n) is 46.7. The molecule has 6 aliphatic carbocycles. The third-order valence-corrected chi connectivity index (χ3v) is 32.7. The molecule has 4 saturated heterocycles. The van der Waals surface area contributed by atoms with Crippen molar-refractivity contribution in [2.75, 3.05) is 133 Å². The zero-order valence-corrected chi connectivity index (χ0v) is 86.4. The number of benzene rings is 6. The molecule has 0 bridgehead atoms. The largest absolute Gasteiger partial charge is 0.395 e. The predicted molar refractivity (Wildman–Crippen MR) is 546 cm³/mol. The summed E-state index contributed by atoms with van der Waals surface area (Å²) < 4.78 is 54.2. The van der Waals surface area contributed by atoms with Crippen molar-refractivity contribution in [2.24, 2.45) is 5.73 Å². The molecule has 4 fully saturated rings. The van der Waals surface area contributed by atoms with E-state index in [0.717, 1.165) is 125 Å². The Morgan fingerprint density at radius 2 is 0.688 bits per heavy atom. The number of nitrogens with two attached hydrogens (primary N) is 1. The zero-order valence-electron chi connectivity index (χ0n) is 81.5. The highest BCUT2D eigenvalue weighted by Crippen LogP contribution is 2.39. The smallest absolute Gasteiger partial charge is 0.271 e. The lowest BCUT2D eigenvalue weighted by molar-refractivity contribution is -0.126. The number of piperidine rings is 2. The number of likely N-dealkylation sites (N-methyl/N-ethyl adjacent to an activating group) is 6. The number of amides is 4. The minimum absolute atomic E-state index is 0.0659. The van der Waals surface area contributed by atoms with Gasteiger partial charge in [0.05, 0.1) is 15.2 Å². The van der Waals surface area contributed by atoms with Crippen LogP contribution in [-0.2, 0) is 39.0 Å². The Bertz CT molecular complexity index is 6990. The van der Waals surface area contributed by atoms with Crippen LogP contribution >= 0.6 is 38.6 Å². The second-order valence-electron chi connectivity index (χ2n) is 35.2. The molecule has 750 valence electrons. The fourth-order valence-corrected chi connectivity index (χ4v) is 23.7. The fraction of sp³-hybridized carbons (Fsp3) is 0.302. The van der Waals surface area contributed by atoms with Gasteiger partial charge in [-0.05, 0) is 99.2 Å². The number of nitrogens with zero attached hydrogens (tertiary/aromatic N) is 10. The molecule has 33 nitrogen and oxygen atoms in total. The van der Waals surface area contributed by atoms with Gasteiger partial charge in [0, 0.05) is 218 Å². The van der Waals surface area contributed by atoms with E-state index in [9.17, 15) is 93.5 Å². The number of rotatable bonds is 18. The topological polar surface area (TPSA) is 424 Å². The Labute approximate surface area is 851 Å². The van der Waals surface area contributed by atoms with Gasteiger partial charge in [-0.25, -0.2) is 16.8 Å². The van der Waals surface area contributed by atoms with Crippen LogP contribution < -0.4 is 15.8 Å². The number of carbonyl (C=O) groups excluding carboxylic acids is 16. The highest BCUT2D eigenvalue weighted by molar-refractivity contribution is 9.11. The van der Waals surface area contributed by atoms with E-state index >= 15 is 0 Å². The Hall–Kier alpha value is -14.3. The van der Waals surface area contributed by atoms with Crippen LogP contribution in [-0.4, -0.2) is 291 Å². The number of thiophene rings is 2. The van der Waals surface area contributed by atoms with Crippen LogP contribution in [0.5, 0.6) is 0 Å². The molecule has 6 aromatic carbocycles. The van der Waals surface area contributed by atoms with Gasteiger partial charge in [-0.3, -0.25) is 81.4 Å². The first kappa shape index (κ1) is 107. The van der Waals surface area contributed by atoms with E-state index in [1.165, 1.54) is 78.6 Å². The fourth-order valence-electron chi connectivity index (χ4n) is 17.9. The molecule has 144 heavy (non-hydrogen) atoms. The molecular formula is C106H110BrN13O20S4. The van der Waals surface area contributed by atoms with Gasteiger partial charge in [0.2, 0.25) is 87.2 Å². The Morgan fingerprint density at radius 1 is 0.382 bits per heavy atom. The van der Waals surface area contributed by atoms with Gasteiger partial charge in [-0.15, -0.1) is 29.3 Å². The molecule has 0 spiro atoms. The van der Waals surface area contributed by atoms with Crippen molar-refractivity contribution >= 4 is 151 Å². The number of piperazine rings is 2. The molecule has 0 radical (unpaired) electrons. The first-order valence-corrected chi connectivity index (χ1v) is 52.2. The molecule has 38 heteroatoms. The van der Waals surface area contributed by atoms with Crippen LogP contribution in [0.3, 0.4) is 0 Å². The van der Waals surface area contributed by atoms with Crippen molar-refractivity contribution < 1.29 is 93.5 Å². The summed E-state index contributed by atoms with van der Waals surface area (Å²) in [4.78, 5) is 220.